The molecule has 0 bridgehead atoms. The first kappa shape index (κ1) is 19.9. The number of aromatic nitrogens is 3. The summed E-state index contributed by atoms with van der Waals surface area (Å²) in [5, 5.41) is 3.72. The topological polar surface area (TPSA) is 69.0 Å². The van der Waals surface area contributed by atoms with Gasteiger partial charge in [0.15, 0.2) is 5.16 Å². The number of ether oxygens (including phenoxy) is 1. The second kappa shape index (κ2) is 9.41. The van der Waals surface area contributed by atoms with Crippen molar-refractivity contribution in [2.45, 2.75) is 38.6 Å². The Morgan fingerprint density at radius 1 is 1.18 bits per heavy atom. The van der Waals surface area contributed by atoms with Gasteiger partial charge in [-0.1, -0.05) is 36.0 Å². The molecule has 0 aliphatic rings. The SMILES string of the molecule is Cc1ccccc1-n1ccnc1SCC(=O)NCc1cccnc1OC(C)C. The summed E-state index contributed by atoms with van der Waals surface area (Å²) >= 11 is 1.41. The summed E-state index contributed by atoms with van der Waals surface area (Å²) < 4.78 is 7.69. The van der Waals surface area contributed by atoms with E-state index in [-0.39, 0.29) is 17.8 Å². The van der Waals surface area contributed by atoms with Gasteiger partial charge in [-0.25, -0.2) is 9.97 Å². The molecule has 0 fully saturated rings. The molecule has 1 N–H and O–H groups in total. The average molecular weight is 397 g/mol. The van der Waals surface area contributed by atoms with Crippen molar-refractivity contribution in [2.75, 3.05) is 5.75 Å². The minimum atomic E-state index is -0.0660. The second-order valence-electron chi connectivity index (χ2n) is 6.57. The summed E-state index contributed by atoms with van der Waals surface area (Å²) in [6, 6.07) is 11.8. The van der Waals surface area contributed by atoms with Crippen LogP contribution in [0.2, 0.25) is 0 Å². The lowest BCUT2D eigenvalue weighted by molar-refractivity contribution is -0.118. The minimum absolute atomic E-state index is 0.0280. The standard InChI is InChI=1S/C21H24N4O2S/c1-15(2)27-20-17(8-6-10-22-20)13-24-19(26)14-28-21-23-11-12-25(21)18-9-5-4-7-16(18)3/h4-12,15H,13-14H2,1-3H3,(H,24,26). The fraction of sp³-hybridized carbons (Fsp3) is 0.286. The van der Waals surface area contributed by atoms with Crippen molar-refractivity contribution >= 4 is 17.7 Å². The van der Waals surface area contributed by atoms with Crippen molar-refractivity contribution in [3.05, 3.63) is 66.1 Å². The maximum absolute atomic E-state index is 12.3. The molecule has 0 unspecified atom stereocenters. The van der Waals surface area contributed by atoms with E-state index < -0.39 is 0 Å². The van der Waals surface area contributed by atoms with Crippen molar-refractivity contribution in [1.82, 2.24) is 19.9 Å². The summed E-state index contributed by atoms with van der Waals surface area (Å²) in [7, 11) is 0. The minimum Gasteiger partial charge on any atom is -0.475 e. The van der Waals surface area contributed by atoms with E-state index in [2.05, 4.69) is 28.3 Å². The molecule has 0 radical (unpaired) electrons. The summed E-state index contributed by atoms with van der Waals surface area (Å²) in [6.45, 7) is 6.33. The smallest absolute Gasteiger partial charge is 0.230 e. The van der Waals surface area contributed by atoms with Gasteiger partial charge in [0.2, 0.25) is 11.8 Å². The third-order valence-corrected chi connectivity index (χ3v) is 4.95. The summed E-state index contributed by atoms with van der Waals surface area (Å²) in [4.78, 5) is 21.0. The summed E-state index contributed by atoms with van der Waals surface area (Å²) in [6.07, 6.45) is 5.37. The fourth-order valence-corrected chi connectivity index (χ4v) is 3.47. The van der Waals surface area contributed by atoms with Crippen LogP contribution in [0, 0.1) is 6.92 Å². The maximum atomic E-state index is 12.3. The van der Waals surface area contributed by atoms with Crippen LogP contribution in [0.4, 0.5) is 0 Å². The molecule has 2 aromatic heterocycles. The number of pyridine rings is 1. The highest BCUT2D eigenvalue weighted by Crippen LogP contribution is 2.22. The van der Waals surface area contributed by atoms with Gasteiger partial charge in [0.05, 0.1) is 17.5 Å². The molecule has 0 aliphatic carbocycles. The number of hydrogen-bond acceptors (Lipinski definition) is 5. The van der Waals surface area contributed by atoms with Crippen LogP contribution in [0.3, 0.4) is 0 Å². The lowest BCUT2D eigenvalue weighted by Crippen LogP contribution is -2.25. The van der Waals surface area contributed by atoms with Crippen molar-refractivity contribution in [1.29, 1.82) is 0 Å². The monoisotopic (exact) mass is 396 g/mol. The van der Waals surface area contributed by atoms with E-state index >= 15 is 0 Å². The first-order valence-corrected chi connectivity index (χ1v) is 10.1. The summed E-state index contributed by atoms with van der Waals surface area (Å²) in [5.41, 5.74) is 3.07. The lowest BCUT2D eigenvalue weighted by Gasteiger charge is -2.13. The Labute approximate surface area is 169 Å². The highest BCUT2D eigenvalue weighted by Gasteiger charge is 2.12. The zero-order valence-corrected chi connectivity index (χ0v) is 17.1. The average Bonchev–Trinajstić information content (AvgIpc) is 3.14. The number of para-hydroxylation sites is 1. The molecule has 0 spiro atoms. The third-order valence-electron chi connectivity index (χ3n) is 3.99. The molecule has 0 saturated heterocycles. The number of benzene rings is 1. The largest absolute Gasteiger partial charge is 0.475 e. The maximum Gasteiger partial charge on any atom is 0.230 e. The number of nitrogens with zero attached hydrogens (tertiary/aromatic N) is 3. The molecular weight excluding hydrogens is 372 g/mol. The number of hydrogen-bond donors (Lipinski definition) is 1. The number of imidazole rings is 1. The summed E-state index contributed by atoms with van der Waals surface area (Å²) in [5.74, 6) is 0.771. The lowest BCUT2D eigenvalue weighted by atomic mass is 10.2. The normalized spacial score (nSPS) is 10.9. The molecule has 3 aromatic rings. The van der Waals surface area contributed by atoms with Crippen LogP contribution >= 0.6 is 11.8 Å². The second-order valence-corrected chi connectivity index (χ2v) is 7.51. The Bertz CT molecular complexity index is 939. The first-order chi connectivity index (χ1) is 13.5. The number of rotatable bonds is 8. The number of carbonyl (C=O) groups excluding carboxylic acids is 1. The van der Waals surface area contributed by atoms with E-state index in [0.717, 1.165) is 22.0 Å². The first-order valence-electron chi connectivity index (χ1n) is 9.14. The fourth-order valence-electron chi connectivity index (χ4n) is 2.68. The van der Waals surface area contributed by atoms with Gasteiger partial charge >= 0.3 is 0 Å². The predicted octanol–water partition coefficient (Wildman–Crippen LogP) is 3.77. The van der Waals surface area contributed by atoms with E-state index in [1.807, 2.05) is 54.9 Å². The highest BCUT2D eigenvalue weighted by atomic mass is 32.2. The molecule has 3 rings (SSSR count). The van der Waals surface area contributed by atoms with Crippen LogP contribution in [0.25, 0.3) is 5.69 Å². The van der Waals surface area contributed by atoms with Gasteiger partial charge in [0, 0.05) is 30.7 Å². The molecule has 7 heteroatoms. The molecule has 146 valence electrons. The van der Waals surface area contributed by atoms with Crippen LogP contribution in [0.1, 0.15) is 25.0 Å². The molecule has 0 saturated carbocycles. The van der Waals surface area contributed by atoms with E-state index in [1.54, 1.807) is 12.4 Å². The zero-order valence-electron chi connectivity index (χ0n) is 16.3. The Hall–Kier alpha value is -2.80. The van der Waals surface area contributed by atoms with Crippen molar-refractivity contribution < 1.29 is 9.53 Å². The zero-order chi connectivity index (χ0) is 19.9. The van der Waals surface area contributed by atoms with Gasteiger partial charge in [0.25, 0.3) is 0 Å². The van der Waals surface area contributed by atoms with Crippen molar-refractivity contribution in [3.63, 3.8) is 0 Å². The van der Waals surface area contributed by atoms with Gasteiger partial charge < -0.3 is 10.1 Å². The van der Waals surface area contributed by atoms with Crippen LogP contribution in [-0.2, 0) is 11.3 Å². The number of amides is 1. The molecule has 28 heavy (non-hydrogen) atoms. The number of thioether (sulfide) groups is 1. The molecule has 0 aliphatic heterocycles. The van der Waals surface area contributed by atoms with E-state index in [4.69, 9.17) is 4.74 Å². The molecule has 6 nitrogen and oxygen atoms in total. The Kier molecular flexibility index (Phi) is 6.71. The van der Waals surface area contributed by atoms with Gasteiger partial charge in [-0.3, -0.25) is 9.36 Å². The van der Waals surface area contributed by atoms with Crippen LogP contribution in [0.5, 0.6) is 5.88 Å². The molecule has 2 heterocycles. The van der Waals surface area contributed by atoms with Crippen LogP contribution in [-0.4, -0.2) is 32.3 Å². The van der Waals surface area contributed by atoms with Gasteiger partial charge in [-0.05, 0) is 38.5 Å². The highest BCUT2D eigenvalue weighted by molar-refractivity contribution is 7.99. The van der Waals surface area contributed by atoms with E-state index in [9.17, 15) is 4.79 Å². The van der Waals surface area contributed by atoms with Gasteiger partial charge in [0.1, 0.15) is 0 Å². The van der Waals surface area contributed by atoms with Crippen LogP contribution < -0.4 is 10.1 Å². The quantitative estimate of drug-likeness (QED) is 0.587. The van der Waals surface area contributed by atoms with E-state index in [0.29, 0.717) is 12.4 Å². The van der Waals surface area contributed by atoms with Gasteiger partial charge in [-0.15, -0.1) is 0 Å². The van der Waals surface area contributed by atoms with E-state index in [1.165, 1.54) is 11.8 Å². The Morgan fingerprint density at radius 2 is 2.00 bits per heavy atom. The number of carbonyl (C=O) groups is 1. The molecular formula is C21H24N4O2S. The number of aryl methyl sites for hydroxylation is 1. The third kappa shape index (κ3) is 5.13. The Balaban J connectivity index is 1.58. The number of nitrogens with one attached hydrogen (secondary N) is 1. The van der Waals surface area contributed by atoms with Gasteiger partial charge in [-0.2, -0.15) is 0 Å². The van der Waals surface area contributed by atoms with Crippen molar-refractivity contribution in [3.8, 4) is 11.6 Å². The molecule has 1 amide bonds. The van der Waals surface area contributed by atoms with Crippen molar-refractivity contribution in [2.24, 2.45) is 0 Å². The van der Waals surface area contributed by atoms with Crippen LogP contribution in [0.15, 0.2) is 60.1 Å². The Morgan fingerprint density at radius 3 is 2.79 bits per heavy atom. The molecule has 0 atom stereocenters. The molecule has 1 aromatic carbocycles. The predicted molar refractivity (Wildman–Crippen MR) is 111 cm³/mol.